The lowest BCUT2D eigenvalue weighted by Crippen LogP contribution is -1.68. The van der Waals surface area contributed by atoms with Crippen molar-refractivity contribution in [3.8, 4) is 10.4 Å². The second-order valence-electron chi connectivity index (χ2n) is 3.10. The maximum Gasteiger partial charge on any atom is 0.0357 e. The van der Waals surface area contributed by atoms with Crippen molar-refractivity contribution in [3.05, 3.63) is 45.7 Å². The molecule has 14 heavy (non-hydrogen) atoms. The molecule has 1 aromatic carbocycles. The molecule has 0 aliphatic carbocycles. The molecule has 0 fully saturated rings. The Hall–Kier alpha value is -0.600. The predicted octanol–water partition coefficient (Wildman–Crippen LogP) is 4.74. The molecule has 0 amide bonds. The maximum atomic E-state index is 3.58. The molecular weight excluding hydrogens is 256 g/mol. The van der Waals surface area contributed by atoms with Crippen molar-refractivity contribution in [1.29, 1.82) is 0 Å². The number of hydrogen-bond acceptors (Lipinski definition) is 1. The van der Waals surface area contributed by atoms with Gasteiger partial charge in [0.2, 0.25) is 0 Å². The van der Waals surface area contributed by atoms with E-state index in [0.29, 0.717) is 0 Å². The lowest BCUT2D eigenvalue weighted by Gasteiger charge is -1.94. The molecule has 2 aromatic rings. The third-order valence-corrected chi connectivity index (χ3v) is 4.44. The van der Waals surface area contributed by atoms with Crippen LogP contribution in [0.25, 0.3) is 10.4 Å². The molecule has 0 saturated heterocycles. The van der Waals surface area contributed by atoms with Crippen molar-refractivity contribution in [1.82, 2.24) is 0 Å². The highest BCUT2D eigenvalue weighted by atomic mass is 79.9. The molecule has 0 atom stereocenters. The van der Waals surface area contributed by atoms with Gasteiger partial charge < -0.3 is 0 Å². The fourth-order valence-electron chi connectivity index (χ4n) is 1.39. The summed E-state index contributed by atoms with van der Waals surface area (Å²) in [5.41, 5.74) is 1.30. The fourth-order valence-corrected chi connectivity index (χ4v) is 3.29. The Balaban J connectivity index is 2.43. The summed E-state index contributed by atoms with van der Waals surface area (Å²) >= 11 is 5.45. The molecule has 0 unspecified atom stereocenters. The van der Waals surface area contributed by atoms with E-state index in [2.05, 4.69) is 53.2 Å². The molecule has 0 N–H and O–H groups in total. The minimum absolute atomic E-state index is 1.10. The van der Waals surface area contributed by atoms with Gasteiger partial charge in [0.1, 0.15) is 0 Å². The number of benzene rings is 1. The van der Waals surface area contributed by atoms with Gasteiger partial charge in [-0.3, -0.25) is 0 Å². The normalized spacial score (nSPS) is 10.4. The summed E-state index contributed by atoms with van der Waals surface area (Å²) in [6.45, 7) is 2.19. The molecule has 1 aromatic heterocycles. The highest BCUT2D eigenvalue weighted by Crippen LogP contribution is 2.34. The second kappa shape index (κ2) is 4.28. The highest BCUT2D eigenvalue weighted by molar-refractivity contribution is 9.10. The van der Waals surface area contributed by atoms with Crippen LogP contribution in [-0.4, -0.2) is 0 Å². The van der Waals surface area contributed by atoms with Gasteiger partial charge in [-0.05, 0) is 34.0 Å². The van der Waals surface area contributed by atoms with Gasteiger partial charge in [-0.25, -0.2) is 0 Å². The number of hydrogen-bond donors (Lipinski definition) is 0. The Morgan fingerprint density at radius 2 is 1.93 bits per heavy atom. The SMILES string of the molecule is CCc1sc(-c2ccccc2)cc1Br. The molecular formula is C12H11BrS. The Labute approximate surface area is 96.7 Å². The van der Waals surface area contributed by atoms with Crippen LogP contribution >= 0.6 is 27.3 Å². The molecule has 2 heteroatoms. The minimum Gasteiger partial charge on any atom is -0.139 e. The summed E-state index contributed by atoms with van der Waals surface area (Å²) in [4.78, 5) is 2.76. The van der Waals surface area contributed by atoms with E-state index in [9.17, 15) is 0 Å². The second-order valence-corrected chi connectivity index (χ2v) is 5.09. The molecule has 0 radical (unpaired) electrons. The van der Waals surface area contributed by atoms with Crippen LogP contribution in [-0.2, 0) is 6.42 Å². The van der Waals surface area contributed by atoms with Crippen LogP contribution in [0.5, 0.6) is 0 Å². The van der Waals surface area contributed by atoms with E-state index in [4.69, 9.17) is 0 Å². The Bertz CT molecular complexity index is 417. The molecule has 0 nitrogen and oxygen atoms in total. The van der Waals surface area contributed by atoms with E-state index in [-0.39, 0.29) is 0 Å². The first kappa shape index (κ1) is 9.94. The van der Waals surface area contributed by atoms with Gasteiger partial charge in [-0.2, -0.15) is 0 Å². The van der Waals surface area contributed by atoms with Crippen LogP contribution in [0.2, 0.25) is 0 Å². The van der Waals surface area contributed by atoms with Crippen LogP contribution in [0.15, 0.2) is 40.9 Å². The summed E-state index contributed by atoms with van der Waals surface area (Å²) in [6, 6.07) is 12.7. The average Bonchev–Trinajstić information content (AvgIpc) is 2.61. The van der Waals surface area contributed by atoms with Crippen LogP contribution < -0.4 is 0 Å². The first-order chi connectivity index (χ1) is 6.81. The van der Waals surface area contributed by atoms with Gasteiger partial charge in [0, 0.05) is 14.2 Å². The van der Waals surface area contributed by atoms with E-state index in [1.807, 2.05) is 17.4 Å². The molecule has 0 aliphatic heterocycles. The smallest absolute Gasteiger partial charge is 0.0357 e. The van der Waals surface area contributed by atoms with Gasteiger partial charge in [0.25, 0.3) is 0 Å². The van der Waals surface area contributed by atoms with Crippen molar-refractivity contribution in [2.75, 3.05) is 0 Å². The monoisotopic (exact) mass is 266 g/mol. The quantitative estimate of drug-likeness (QED) is 0.737. The first-order valence-corrected chi connectivity index (χ1v) is 6.26. The van der Waals surface area contributed by atoms with Gasteiger partial charge in [-0.15, -0.1) is 11.3 Å². The zero-order chi connectivity index (χ0) is 9.97. The van der Waals surface area contributed by atoms with Gasteiger partial charge >= 0.3 is 0 Å². The summed E-state index contributed by atoms with van der Waals surface area (Å²) < 4.78 is 1.24. The van der Waals surface area contributed by atoms with Crippen molar-refractivity contribution >= 4 is 27.3 Å². The molecule has 0 saturated carbocycles. The molecule has 0 spiro atoms. The van der Waals surface area contributed by atoms with Gasteiger partial charge in [-0.1, -0.05) is 37.3 Å². The average molecular weight is 267 g/mol. The van der Waals surface area contributed by atoms with Crippen LogP contribution in [0.3, 0.4) is 0 Å². The Morgan fingerprint density at radius 1 is 1.21 bits per heavy atom. The molecule has 72 valence electrons. The van der Waals surface area contributed by atoms with E-state index < -0.39 is 0 Å². The lowest BCUT2D eigenvalue weighted by atomic mass is 10.2. The van der Waals surface area contributed by atoms with E-state index in [1.165, 1.54) is 19.8 Å². The largest absolute Gasteiger partial charge is 0.139 e. The van der Waals surface area contributed by atoms with Crippen molar-refractivity contribution in [3.63, 3.8) is 0 Å². The molecule has 2 rings (SSSR count). The van der Waals surface area contributed by atoms with E-state index >= 15 is 0 Å². The topological polar surface area (TPSA) is 0 Å². The summed E-state index contributed by atoms with van der Waals surface area (Å²) in [7, 11) is 0. The van der Waals surface area contributed by atoms with Crippen molar-refractivity contribution in [2.24, 2.45) is 0 Å². The standard InChI is InChI=1S/C12H11BrS/c1-2-11-10(13)8-12(14-11)9-6-4-3-5-7-9/h3-8H,2H2,1H3. The Morgan fingerprint density at radius 3 is 2.50 bits per heavy atom. The summed E-state index contributed by atoms with van der Waals surface area (Å²) in [6.07, 6.45) is 1.10. The predicted molar refractivity (Wildman–Crippen MR) is 66.8 cm³/mol. The molecule has 0 bridgehead atoms. The Kier molecular flexibility index (Phi) is 3.04. The first-order valence-electron chi connectivity index (χ1n) is 4.65. The molecule has 0 aliphatic rings. The van der Waals surface area contributed by atoms with E-state index in [1.54, 1.807) is 0 Å². The van der Waals surface area contributed by atoms with Crippen molar-refractivity contribution < 1.29 is 0 Å². The third-order valence-electron chi connectivity index (χ3n) is 2.14. The zero-order valence-electron chi connectivity index (χ0n) is 7.96. The van der Waals surface area contributed by atoms with Crippen LogP contribution in [0, 0.1) is 0 Å². The van der Waals surface area contributed by atoms with Gasteiger partial charge in [0.15, 0.2) is 0 Å². The van der Waals surface area contributed by atoms with Crippen molar-refractivity contribution in [2.45, 2.75) is 13.3 Å². The van der Waals surface area contributed by atoms with Gasteiger partial charge in [0.05, 0.1) is 0 Å². The number of thiophene rings is 1. The van der Waals surface area contributed by atoms with Crippen LogP contribution in [0.4, 0.5) is 0 Å². The molecule has 1 heterocycles. The number of aryl methyl sites for hydroxylation is 1. The minimum atomic E-state index is 1.10. The number of halogens is 1. The zero-order valence-corrected chi connectivity index (χ0v) is 10.4. The van der Waals surface area contributed by atoms with Crippen LogP contribution in [0.1, 0.15) is 11.8 Å². The number of rotatable bonds is 2. The summed E-state index contributed by atoms with van der Waals surface area (Å²) in [5, 5.41) is 0. The maximum absolute atomic E-state index is 3.58. The highest BCUT2D eigenvalue weighted by Gasteiger charge is 2.05. The fraction of sp³-hybridized carbons (Fsp3) is 0.167. The van der Waals surface area contributed by atoms with E-state index in [0.717, 1.165) is 6.42 Å². The third kappa shape index (κ3) is 1.91. The summed E-state index contributed by atoms with van der Waals surface area (Å²) in [5.74, 6) is 0. The lowest BCUT2D eigenvalue weighted by molar-refractivity contribution is 1.18.